The summed E-state index contributed by atoms with van der Waals surface area (Å²) in [6.45, 7) is 10.5. The molecular weight excluding hydrogens is 226 g/mol. The Kier molecular flexibility index (Phi) is 11.2. The van der Waals surface area contributed by atoms with E-state index in [1.165, 1.54) is 25.7 Å². The lowest BCUT2D eigenvalue weighted by Gasteiger charge is -2.28. The topological polar surface area (TPSA) is 29.5 Å². The number of unbranched alkanes of at least 4 members (excludes halogenated alkanes) is 3. The molecule has 0 bridgehead atoms. The third kappa shape index (κ3) is 8.51. The fourth-order valence-corrected chi connectivity index (χ4v) is 1.84. The Hall–Kier alpha value is -0.570. The van der Waals surface area contributed by atoms with Crippen LogP contribution in [0.4, 0.5) is 0 Å². The summed E-state index contributed by atoms with van der Waals surface area (Å²) in [4.78, 5) is 13.9. The van der Waals surface area contributed by atoms with Crippen molar-refractivity contribution in [2.45, 2.75) is 78.9 Å². The Morgan fingerprint density at radius 1 is 1.00 bits per heavy atom. The fraction of sp³-hybridized carbons (Fsp3) is 0.933. The average Bonchev–Trinajstić information content (AvgIpc) is 2.36. The van der Waals surface area contributed by atoms with Crippen LogP contribution in [-0.2, 0) is 9.53 Å². The lowest BCUT2D eigenvalue weighted by molar-refractivity contribution is -0.157. The van der Waals surface area contributed by atoms with E-state index in [-0.39, 0.29) is 12.2 Å². The van der Waals surface area contributed by atoms with Crippen LogP contribution in [0.25, 0.3) is 0 Å². The minimum absolute atomic E-state index is 0.0534. The van der Waals surface area contributed by atoms with Gasteiger partial charge in [0.1, 0.15) is 0 Å². The Balaban J connectivity index is 4.08. The number of carbonyl (C=O) groups excluding carboxylic acids is 1. The molecule has 0 aliphatic heterocycles. The number of hydrogen-bond donors (Lipinski definition) is 0. The molecule has 1 unspecified atom stereocenters. The molecule has 0 amide bonds. The van der Waals surface area contributed by atoms with E-state index in [9.17, 15) is 4.79 Å². The molecule has 0 radical (unpaired) electrons. The van der Waals surface area contributed by atoms with E-state index in [1.54, 1.807) is 0 Å². The van der Waals surface area contributed by atoms with E-state index in [0.29, 0.717) is 6.42 Å². The number of carbonyl (C=O) groups is 1. The number of hydrogen-bond acceptors (Lipinski definition) is 3. The van der Waals surface area contributed by atoms with Gasteiger partial charge in [-0.3, -0.25) is 9.69 Å². The molecule has 0 aliphatic carbocycles. The van der Waals surface area contributed by atoms with Gasteiger partial charge >= 0.3 is 5.97 Å². The molecule has 108 valence electrons. The maximum absolute atomic E-state index is 11.6. The SMILES string of the molecule is CCCCC(=O)OC(C)N(CCCC)CCCC. The molecule has 0 fully saturated rings. The molecular formula is C15H31NO2. The van der Waals surface area contributed by atoms with Crippen molar-refractivity contribution in [1.82, 2.24) is 4.90 Å². The van der Waals surface area contributed by atoms with Crippen molar-refractivity contribution in [3.8, 4) is 0 Å². The maximum atomic E-state index is 11.6. The van der Waals surface area contributed by atoms with E-state index < -0.39 is 0 Å². The lowest BCUT2D eigenvalue weighted by atomic mass is 10.2. The summed E-state index contributed by atoms with van der Waals surface area (Å²) in [6, 6.07) is 0. The number of rotatable bonds is 11. The van der Waals surface area contributed by atoms with E-state index in [2.05, 4.69) is 25.7 Å². The van der Waals surface area contributed by atoms with Gasteiger partial charge in [-0.2, -0.15) is 0 Å². The molecule has 0 spiro atoms. The highest BCUT2D eigenvalue weighted by atomic mass is 16.6. The first-order chi connectivity index (χ1) is 8.65. The van der Waals surface area contributed by atoms with Crippen molar-refractivity contribution < 1.29 is 9.53 Å². The quantitative estimate of drug-likeness (QED) is 0.414. The summed E-state index contributed by atoms with van der Waals surface area (Å²) in [5, 5.41) is 0. The van der Waals surface area contributed by atoms with Crippen LogP contribution in [0.5, 0.6) is 0 Å². The molecule has 0 N–H and O–H groups in total. The van der Waals surface area contributed by atoms with Crippen LogP contribution in [0.2, 0.25) is 0 Å². The molecule has 0 heterocycles. The van der Waals surface area contributed by atoms with Crippen LogP contribution in [0.15, 0.2) is 0 Å². The van der Waals surface area contributed by atoms with Gasteiger partial charge in [-0.15, -0.1) is 0 Å². The van der Waals surface area contributed by atoms with Crippen LogP contribution in [0.1, 0.15) is 72.6 Å². The lowest BCUT2D eigenvalue weighted by Crippen LogP contribution is -2.38. The van der Waals surface area contributed by atoms with E-state index in [0.717, 1.165) is 25.9 Å². The third-order valence-corrected chi connectivity index (χ3v) is 3.15. The van der Waals surface area contributed by atoms with E-state index in [4.69, 9.17) is 4.74 Å². The van der Waals surface area contributed by atoms with Crippen molar-refractivity contribution in [3.05, 3.63) is 0 Å². The van der Waals surface area contributed by atoms with Crippen molar-refractivity contribution in [2.75, 3.05) is 13.1 Å². The summed E-state index contributed by atoms with van der Waals surface area (Å²) in [6.07, 6.45) is 7.14. The van der Waals surface area contributed by atoms with Gasteiger partial charge in [0, 0.05) is 19.5 Å². The van der Waals surface area contributed by atoms with Crippen LogP contribution in [-0.4, -0.2) is 30.2 Å². The van der Waals surface area contributed by atoms with Crippen LogP contribution < -0.4 is 0 Å². The Bertz CT molecular complexity index is 199. The fourth-order valence-electron chi connectivity index (χ4n) is 1.84. The van der Waals surface area contributed by atoms with Crippen LogP contribution in [0, 0.1) is 0 Å². The number of nitrogens with zero attached hydrogens (tertiary/aromatic N) is 1. The Morgan fingerprint density at radius 2 is 1.50 bits per heavy atom. The molecule has 3 heteroatoms. The normalized spacial score (nSPS) is 12.7. The zero-order valence-corrected chi connectivity index (χ0v) is 12.7. The molecule has 0 aromatic rings. The minimum Gasteiger partial charge on any atom is -0.447 e. The second kappa shape index (κ2) is 11.5. The molecule has 3 nitrogen and oxygen atoms in total. The van der Waals surface area contributed by atoms with E-state index >= 15 is 0 Å². The second-order valence-corrected chi connectivity index (χ2v) is 4.94. The Labute approximate surface area is 113 Å². The van der Waals surface area contributed by atoms with Crippen molar-refractivity contribution in [3.63, 3.8) is 0 Å². The molecule has 0 rings (SSSR count). The Morgan fingerprint density at radius 3 is 1.94 bits per heavy atom. The molecule has 18 heavy (non-hydrogen) atoms. The second-order valence-electron chi connectivity index (χ2n) is 4.94. The van der Waals surface area contributed by atoms with Gasteiger partial charge in [-0.25, -0.2) is 0 Å². The highest BCUT2D eigenvalue weighted by Crippen LogP contribution is 2.08. The monoisotopic (exact) mass is 257 g/mol. The minimum atomic E-state index is -0.0764. The summed E-state index contributed by atoms with van der Waals surface area (Å²) in [7, 11) is 0. The summed E-state index contributed by atoms with van der Waals surface area (Å²) < 4.78 is 5.50. The van der Waals surface area contributed by atoms with Crippen LogP contribution in [0.3, 0.4) is 0 Å². The van der Waals surface area contributed by atoms with Gasteiger partial charge in [0.25, 0.3) is 0 Å². The average molecular weight is 257 g/mol. The molecule has 1 atom stereocenters. The van der Waals surface area contributed by atoms with Gasteiger partial charge < -0.3 is 4.74 Å². The first-order valence-corrected chi connectivity index (χ1v) is 7.59. The summed E-state index contributed by atoms with van der Waals surface area (Å²) >= 11 is 0. The maximum Gasteiger partial charge on any atom is 0.307 e. The molecule has 0 aromatic carbocycles. The van der Waals surface area contributed by atoms with E-state index in [1.807, 2.05) is 6.92 Å². The summed E-state index contributed by atoms with van der Waals surface area (Å²) in [5.74, 6) is -0.0534. The smallest absolute Gasteiger partial charge is 0.307 e. The first-order valence-electron chi connectivity index (χ1n) is 7.59. The number of ether oxygens (including phenoxy) is 1. The van der Waals surface area contributed by atoms with Gasteiger partial charge in [0.15, 0.2) is 6.23 Å². The predicted molar refractivity (Wildman–Crippen MR) is 76.5 cm³/mol. The standard InChI is InChI=1S/C15H31NO2/c1-5-8-11-15(17)18-14(4)16(12-9-6-2)13-10-7-3/h14H,5-13H2,1-4H3. The summed E-state index contributed by atoms with van der Waals surface area (Å²) in [5.41, 5.74) is 0. The molecule has 0 aliphatic rings. The molecule has 0 saturated heterocycles. The largest absolute Gasteiger partial charge is 0.447 e. The van der Waals surface area contributed by atoms with Gasteiger partial charge in [0.2, 0.25) is 0 Å². The van der Waals surface area contributed by atoms with Crippen LogP contribution >= 0.6 is 0 Å². The zero-order chi connectivity index (χ0) is 13.8. The van der Waals surface area contributed by atoms with Crippen molar-refractivity contribution in [2.24, 2.45) is 0 Å². The van der Waals surface area contributed by atoms with Crippen molar-refractivity contribution >= 4 is 5.97 Å². The number of esters is 1. The van der Waals surface area contributed by atoms with Gasteiger partial charge in [-0.1, -0.05) is 40.0 Å². The zero-order valence-electron chi connectivity index (χ0n) is 12.7. The van der Waals surface area contributed by atoms with Crippen molar-refractivity contribution in [1.29, 1.82) is 0 Å². The molecule has 0 aromatic heterocycles. The first kappa shape index (κ1) is 17.4. The van der Waals surface area contributed by atoms with Gasteiger partial charge in [0.05, 0.1) is 0 Å². The molecule has 0 saturated carbocycles. The highest BCUT2D eigenvalue weighted by molar-refractivity contribution is 5.69. The van der Waals surface area contributed by atoms with Gasteiger partial charge in [-0.05, 0) is 26.2 Å². The predicted octanol–water partition coefficient (Wildman–Crippen LogP) is 3.97. The highest BCUT2D eigenvalue weighted by Gasteiger charge is 2.16. The third-order valence-electron chi connectivity index (χ3n) is 3.15.